The molecule has 0 spiro atoms. The van der Waals surface area contributed by atoms with Crippen molar-refractivity contribution in [1.82, 2.24) is 9.80 Å². The molecule has 3 heteroatoms. The molecule has 2 aliphatic heterocycles. The molecule has 3 nitrogen and oxygen atoms in total. The molecule has 2 saturated carbocycles. The second kappa shape index (κ2) is 5.50. The third-order valence-electron chi connectivity index (χ3n) is 7.08. The van der Waals surface area contributed by atoms with Gasteiger partial charge in [0, 0.05) is 37.3 Å². The van der Waals surface area contributed by atoms with E-state index in [2.05, 4.69) is 16.7 Å². The van der Waals surface area contributed by atoms with Gasteiger partial charge in [-0.1, -0.05) is 19.3 Å². The van der Waals surface area contributed by atoms with Crippen LogP contribution in [-0.2, 0) is 0 Å². The molecule has 4 aliphatic rings. The number of likely N-dealkylation sites (tertiary alicyclic amines) is 2. The molecule has 2 aliphatic carbocycles. The van der Waals surface area contributed by atoms with Crippen molar-refractivity contribution in [3.63, 3.8) is 0 Å². The predicted molar refractivity (Wildman–Crippen MR) is 87.2 cm³/mol. The van der Waals surface area contributed by atoms with Crippen LogP contribution in [-0.4, -0.2) is 53.6 Å². The monoisotopic (exact) mass is 291 g/mol. The maximum Gasteiger partial charge on any atom is 0.0473 e. The number of nitrogens with two attached hydrogens (primary N) is 1. The Morgan fingerprint density at radius 3 is 2.52 bits per heavy atom. The molecule has 4 unspecified atom stereocenters. The standard InChI is InChI=1S/C18H33N3/c1-14-10-18(12-19,13-21(14)17-6-7-17)20-9-8-15-4-2-3-5-16(15)11-20/h14-17H,2-13,19H2,1H3. The lowest BCUT2D eigenvalue weighted by Crippen LogP contribution is -2.59. The van der Waals surface area contributed by atoms with E-state index in [0.717, 1.165) is 30.5 Å². The van der Waals surface area contributed by atoms with E-state index in [1.54, 1.807) is 0 Å². The highest BCUT2D eigenvalue weighted by molar-refractivity contribution is 5.08. The van der Waals surface area contributed by atoms with Gasteiger partial charge in [0.2, 0.25) is 0 Å². The van der Waals surface area contributed by atoms with E-state index in [9.17, 15) is 0 Å². The van der Waals surface area contributed by atoms with Gasteiger partial charge in [-0.2, -0.15) is 0 Å². The summed E-state index contributed by atoms with van der Waals surface area (Å²) in [7, 11) is 0. The van der Waals surface area contributed by atoms with Gasteiger partial charge >= 0.3 is 0 Å². The van der Waals surface area contributed by atoms with Gasteiger partial charge in [-0.15, -0.1) is 0 Å². The zero-order valence-corrected chi connectivity index (χ0v) is 13.8. The maximum absolute atomic E-state index is 6.34. The minimum atomic E-state index is 0.296. The zero-order chi connectivity index (χ0) is 14.4. The van der Waals surface area contributed by atoms with Crippen LogP contribution in [0.1, 0.15) is 58.3 Å². The normalized spacial score (nSPS) is 45.7. The number of nitrogens with zero attached hydrogens (tertiary/aromatic N) is 2. The number of fused-ring (bicyclic) bond motifs is 1. The molecule has 0 radical (unpaired) electrons. The smallest absolute Gasteiger partial charge is 0.0473 e. The molecule has 21 heavy (non-hydrogen) atoms. The Labute approximate surface area is 130 Å². The topological polar surface area (TPSA) is 32.5 Å². The average molecular weight is 291 g/mol. The maximum atomic E-state index is 6.34. The Morgan fingerprint density at radius 1 is 1.05 bits per heavy atom. The SMILES string of the molecule is CC1CC(CN)(N2CCC3CCCCC3C2)CN1C1CC1. The Kier molecular flexibility index (Phi) is 3.79. The minimum absolute atomic E-state index is 0.296. The van der Waals surface area contributed by atoms with Gasteiger partial charge < -0.3 is 5.73 Å². The highest BCUT2D eigenvalue weighted by Crippen LogP contribution is 2.43. The van der Waals surface area contributed by atoms with Crippen LogP contribution in [0.15, 0.2) is 0 Å². The molecular formula is C18H33N3. The summed E-state index contributed by atoms with van der Waals surface area (Å²) < 4.78 is 0. The number of rotatable bonds is 3. The zero-order valence-electron chi connectivity index (χ0n) is 13.8. The van der Waals surface area contributed by atoms with Crippen molar-refractivity contribution in [3.8, 4) is 0 Å². The van der Waals surface area contributed by atoms with Gasteiger partial charge in [-0.05, 0) is 57.4 Å². The number of piperidine rings is 1. The van der Waals surface area contributed by atoms with Crippen molar-refractivity contribution in [2.45, 2.75) is 75.9 Å². The van der Waals surface area contributed by atoms with Crippen LogP contribution in [0.25, 0.3) is 0 Å². The van der Waals surface area contributed by atoms with Crippen molar-refractivity contribution >= 4 is 0 Å². The Balaban J connectivity index is 1.48. The molecule has 0 aromatic rings. The van der Waals surface area contributed by atoms with E-state index < -0.39 is 0 Å². The first-order valence-electron chi connectivity index (χ1n) is 9.43. The van der Waals surface area contributed by atoms with Gasteiger partial charge in [0.15, 0.2) is 0 Å². The van der Waals surface area contributed by atoms with Crippen LogP contribution in [0, 0.1) is 11.8 Å². The molecule has 120 valence electrons. The van der Waals surface area contributed by atoms with Crippen LogP contribution in [0.3, 0.4) is 0 Å². The number of hydrogen-bond acceptors (Lipinski definition) is 3. The summed E-state index contributed by atoms with van der Waals surface area (Å²) in [6.07, 6.45) is 11.5. The summed E-state index contributed by atoms with van der Waals surface area (Å²) in [5, 5.41) is 0. The van der Waals surface area contributed by atoms with Gasteiger partial charge in [0.25, 0.3) is 0 Å². The Morgan fingerprint density at radius 2 is 1.81 bits per heavy atom. The van der Waals surface area contributed by atoms with E-state index in [1.165, 1.54) is 71.0 Å². The van der Waals surface area contributed by atoms with Crippen LogP contribution < -0.4 is 5.73 Å². The van der Waals surface area contributed by atoms with Crippen molar-refractivity contribution in [2.24, 2.45) is 17.6 Å². The molecule has 0 aromatic carbocycles. The van der Waals surface area contributed by atoms with E-state index in [0.29, 0.717) is 5.54 Å². The Bertz CT molecular complexity index is 381. The number of hydrogen-bond donors (Lipinski definition) is 1. The first kappa shape index (κ1) is 14.5. The fourth-order valence-corrected chi connectivity index (χ4v) is 5.66. The third-order valence-corrected chi connectivity index (χ3v) is 7.08. The molecule has 4 rings (SSSR count). The molecular weight excluding hydrogens is 258 g/mol. The summed E-state index contributed by atoms with van der Waals surface area (Å²) in [6.45, 7) is 7.18. The summed E-state index contributed by atoms with van der Waals surface area (Å²) in [5.74, 6) is 2.00. The van der Waals surface area contributed by atoms with Crippen LogP contribution in [0.2, 0.25) is 0 Å². The van der Waals surface area contributed by atoms with Crippen molar-refractivity contribution in [2.75, 3.05) is 26.2 Å². The summed E-state index contributed by atoms with van der Waals surface area (Å²) in [5.41, 5.74) is 6.64. The van der Waals surface area contributed by atoms with Gasteiger partial charge in [0.05, 0.1) is 0 Å². The second-order valence-electron chi connectivity index (χ2n) is 8.42. The highest BCUT2D eigenvalue weighted by Gasteiger charge is 2.50. The molecule has 2 heterocycles. The van der Waals surface area contributed by atoms with E-state index in [4.69, 9.17) is 5.73 Å². The average Bonchev–Trinajstić information content (AvgIpc) is 3.30. The first-order chi connectivity index (χ1) is 10.2. The molecule has 2 N–H and O–H groups in total. The molecule has 0 bridgehead atoms. The second-order valence-corrected chi connectivity index (χ2v) is 8.42. The molecule has 4 atom stereocenters. The molecule has 0 amide bonds. The lowest BCUT2D eigenvalue weighted by atomic mass is 9.74. The lowest BCUT2D eigenvalue weighted by Gasteiger charge is -2.49. The molecule has 0 aromatic heterocycles. The van der Waals surface area contributed by atoms with E-state index >= 15 is 0 Å². The Hall–Kier alpha value is -0.120. The minimum Gasteiger partial charge on any atom is -0.329 e. The van der Waals surface area contributed by atoms with Gasteiger partial charge in [-0.3, -0.25) is 9.80 Å². The van der Waals surface area contributed by atoms with Crippen LogP contribution in [0.5, 0.6) is 0 Å². The van der Waals surface area contributed by atoms with Gasteiger partial charge in [0.1, 0.15) is 0 Å². The fourth-order valence-electron chi connectivity index (χ4n) is 5.66. The van der Waals surface area contributed by atoms with Crippen molar-refractivity contribution in [1.29, 1.82) is 0 Å². The quantitative estimate of drug-likeness (QED) is 0.867. The van der Waals surface area contributed by atoms with Crippen molar-refractivity contribution < 1.29 is 0 Å². The predicted octanol–water partition coefficient (Wildman–Crippen LogP) is 2.45. The summed E-state index contributed by atoms with van der Waals surface area (Å²) >= 11 is 0. The fraction of sp³-hybridized carbons (Fsp3) is 1.00. The van der Waals surface area contributed by atoms with Crippen LogP contribution >= 0.6 is 0 Å². The van der Waals surface area contributed by atoms with Crippen LogP contribution in [0.4, 0.5) is 0 Å². The summed E-state index contributed by atoms with van der Waals surface area (Å²) in [6, 6.07) is 1.63. The first-order valence-corrected chi connectivity index (χ1v) is 9.43. The van der Waals surface area contributed by atoms with Gasteiger partial charge in [-0.25, -0.2) is 0 Å². The lowest BCUT2D eigenvalue weighted by molar-refractivity contribution is 0.0110. The highest BCUT2D eigenvalue weighted by atomic mass is 15.3. The third kappa shape index (κ3) is 2.55. The molecule has 4 fully saturated rings. The molecule has 2 saturated heterocycles. The van der Waals surface area contributed by atoms with E-state index in [1.807, 2.05) is 0 Å². The van der Waals surface area contributed by atoms with Crippen molar-refractivity contribution in [3.05, 3.63) is 0 Å². The summed E-state index contributed by atoms with van der Waals surface area (Å²) in [4.78, 5) is 5.61. The largest absolute Gasteiger partial charge is 0.329 e. The van der Waals surface area contributed by atoms with E-state index in [-0.39, 0.29) is 0 Å².